The quantitative estimate of drug-likeness (QED) is 0.715. The zero-order chi connectivity index (χ0) is 11.0. The average Bonchev–Trinajstić information content (AvgIpc) is 2.82. The average molecular weight is 213 g/mol. The maximum atomic E-state index is 6.03. The summed E-state index contributed by atoms with van der Waals surface area (Å²) in [4.78, 5) is 7.40. The maximum absolute atomic E-state index is 6.03. The second kappa shape index (κ2) is 3.67. The molecule has 0 radical (unpaired) electrons. The number of nitrogens with one attached hydrogen (secondary N) is 1. The van der Waals surface area contributed by atoms with E-state index in [4.69, 9.17) is 5.73 Å². The van der Waals surface area contributed by atoms with Crippen LogP contribution in [0, 0.1) is 0 Å². The van der Waals surface area contributed by atoms with Crippen LogP contribution in [0.3, 0.4) is 0 Å². The van der Waals surface area contributed by atoms with Gasteiger partial charge in [0.1, 0.15) is 0 Å². The Morgan fingerprint density at radius 2 is 2.31 bits per heavy atom. The van der Waals surface area contributed by atoms with Gasteiger partial charge in [0.25, 0.3) is 0 Å². The molecule has 1 aromatic carbocycles. The third-order valence-corrected chi connectivity index (χ3v) is 3.42. The van der Waals surface area contributed by atoms with Gasteiger partial charge in [-0.25, -0.2) is 4.98 Å². The highest BCUT2D eigenvalue weighted by Crippen LogP contribution is 2.37. The number of nitrogens with two attached hydrogens (primary N) is 1. The van der Waals surface area contributed by atoms with Gasteiger partial charge >= 0.3 is 0 Å². The minimum absolute atomic E-state index is 0.415. The normalized spacial score (nSPS) is 19.4. The zero-order valence-corrected chi connectivity index (χ0v) is 9.11. The third kappa shape index (κ3) is 1.40. The molecule has 3 N–H and O–H groups in total. The number of aromatic nitrogens is 2. The minimum Gasteiger partial charge on any atom is -0.398 e. The number of hydrogen-bond acceptors (Lipinski definition) is 2. The van der Waals surface area contributed by atoms with Gasteiger partial charge in [0.05, 0.1) is 12.0 Å². The smallest absolute Gasteiger partial charge is 0.0923 e. The molecule has 0 fully saturated rings. The summed E-state index contributed by atoms with van der Waals surface area (Å²) in [6.07, 6.45) is 7.20. The first-order chi connectivity index (χ1) is 7.86. The third-order valence-electron chi connectivity index (χ3n) is 3.42. The van der Waals surface area contributed by atoms with Gasteiger partial charge in [-0.1, -0.05) is 12.1 Å². The highest BCUT2D eigenvalue weighted by Gasteiger charge is 2.23. The van der Waals surface area contributed by atoms with Crippen molar-refractivity contribution in [1.29, 1.82) is 0 Å². The molecule has 82 valence electrons. The fourth-order valence-corrected chi connectivity index (χ4v) is 2.65. The Morgan fingerprint density at radius 1 is 1.38 bits per heavy atom. The Kier molecular flexibility index (Phi) is 2.17. The number of nitrogens with zero attached hydrogens (tertiary/aromatic N) is 1. The first kappa shape index (κ1) is 9.46. The standard InChI is InChI=1S/C13H15N3/c14-12-6-2-3-9-10(12)4-1-5-11(9)13-7-15-8-16-13/h2-3,6-8,11H,1,4-5,14H2,(H,15,16). The molecule has 16 heavy (non-hydrogen) atoms. The molecule has 1 atom stereocenters. The van der Waals surface area contributed by atoms with Crippen LogP contribution < -0.4 is 5.73 Å². The van der Waals surface area contributed by atoms with Gasteiger partial charge < -0.3 is 10.7 Å². The summed E-state index contributed by atoms with van der Waals surface area (Å²) in [7, 11) is 0. The van der Waals surface area contributed by atoms with Crippen LogP contribution in [0.15, 0.2) is 30.7 Å². The van der Waals surface area contributed by atoms with Gasteiger partial charge in [0.15, 0.2) is 0 Å². The fraction of sp³-hybridized carbons (Fsp3) is 0.308. The molecule has 0 saturated heterocycles. The van der Waals surface area contributed by atoms with Crippen LogP contribution in [0.1, 0.15) is 35.6 Å². The Morgan fingerprint density at radius 3 is 3.12 bits per heavy atom. The Bertz CT molecular complexity index is 488. The minimum atomic E-state index is 0.415. The van der Waals surface area contributed by atoms with E-state index < -0.39 is 0 Å². The molecule has 2 aromatic rings. The second-order valence-corrected chi connectivity index (χ2v) is 4.35. The molecule has 1 unspecified atom stereocenters. The van der Waals surface area contributed by atoms with Crippen molar-refractivity contribution in [2.75, 3.05) is 5.73 Å². The highest BCUT2D eigenvalue weighted by atomic mass is 14.9. The monoisotopic (exact) mass is 213 g/mol. The van der Waals surface area contributed by atoms with E-state index in [9.17, 15) is 0 Å². The van der Waals surface area contributed by atoms with Crippen LogP contribution >= 0.6 is 0 Å². The summed E-state index contributed by atoms with van der Waals surface area (Å²) in [5.74, 6) is 0.415. The van der Waals surface area contributed by atoms with E-state index in [0.29, 0.717) is 5.92 Å². The number of nitrogen functional groups attached to an aromatic ring is 1. The Hall–Kier alpha value is -1.77. The van der Waals surface area contributed by atoms with Crippen molar-refractivity contribution in [2.24, 2.45) is 0 Å². The molecule has 3 nitrogen and oxygen atoms in total. The van der Waals surface area contributed by atoms with Gasteiger partial charge in [-0.05, 0) is 36.5 Å². The molecule has 3 heteroatoms. The van der Waals surface area contributed by atoms with E-state index in [1.807, 2.05) is 18.3 Å². The van der Waals surface area contributed by atoms with Crippen molar-refractivity contribution in [1.82, 2.24) is 9.97 Å². The van der Waals surface area contributed by atoms with Crippen molar-refractivity contribution in [3.05, 3.63) is 47.5 Å². The number of fused-ring (bicyclic) bond motifs is 1. The topological polar surface area (TPSA) is 54.7 Å². The largest absolute Gasteiger partial charge is 0.398 e. The van der Waals surface area contributed by atoms with Crippen molar-refractivity contribution in [2.45, 2.75) is 25.2 Å². The van der Waals surface area contributed by atoms with Gasteiger partial charge in [-0.2, -0.15) is 0 Å². The predicted molar refractivity (Wildman–Crippen MR) is 64.2 cm³/mol. The molecule has 0 spiro atoms. The summed E-state index contributed by atoms with van der Waals surface area (Å²) in [5.41, 5.74) is 10.8. The first-order valence-electron chi connectivity index (χ1n) is 5.72. The van der Waals surface area contributed by atoms with Crippen LogP contribution in [0.25, 0.3) is 0 Å². The van der Waals surface area contributed by atoms with Gasteiger partial charge in [-0.3, -0.25) is 0 Å². The van der Waals surface area contributed by atoms with Gasteiger partial charge in [0.2, 0.25) is 0 Å². The Balaban J connectivity index is 2.10. The van der Waals surface area contributed by atoms with E-state index >= 15 is 0 Å². The maximum Gasteiger partial charge on any atom is 0.0923 e. The van der Waals surface area contributed by atoms with Crippen LogP contribution in [-0.2, 0) is 6.42 Å². The van der Waals surface area contributed by atoms with Crippen LogP contribution in [0.2, 0.25) is 0 Å². The lowest BCUT2D eigenvalue weighted by Gasteiger charge is -2.25. The van der Waals surface area contributed by atoms with Crippen LogP contribution in [-0.4, -0.2) is 9.97 Å². The lowest BCUT2D eigenvalue weighted by atomic mass is 9.80. The lowest BCUT2D eigenvalue weighted by Crippen LogP contribution is -2.13. The summed E-state index contributed by atoms with van der Waals surface area (Å²) >= 11 is 0. The van der Waals surface area contributed by atoms with Crippen molar-refractivity contribution in [3.63, 3.8) is 0 Å². The molecule has 0 aliphatic heterocycles. The second-order valence-electron chi connectivity index (χ2n) is 4.35. The van der Waals surface area contributed by atoms with E-state index in [2.05, 4.69) is 16.0 Å². The van der Waals surface area contributed by atoms with E-state index in [1.165, 1.54) is 24.0 Å². The molecule has 3 rings (SSSR count). The Labute approximate surface area is 94.7 Å². The predicted octanol–water partition coefficient (Wildman–Crippen LogP) is 2.46. The number of rotatable bonds is 1. The molecule has 0 amide bonds. The summed E-state index contributed by atoms with van der Waals surface area (Å²) in [6, 6.07) is 6.22. The molecular formula is C13H15N3. The first-order valence-corrected chi connectivity index (χ1v) is 5.72. The molecule has 1 aliphatic carbocycles. The lowest BCUT2D eigenvalue weighted by molar-refractivity contribution is 0.608. The van der Waals surface area contributed by atoms with Crippen LogP contribution in [0.4, 0.5) is 5.69 Å². The molecule has 1 aliphatic rings. The molecular weight excluding hydrogens is 198 g/mol. The zero-order valence-electron chi connectivity index (χ0n) is 9.11. The molecule has 1 aromatic heterocycles. The fourth-order valence-electron chi connectivity index (χ4n) is 2.65. The van der Waals surface area contributed by atoms with E-state index in [1.54, 1.807) is 6.33 Å². The summed E-state index contributed by atoms with van der Waals surface area (Å²) in [5, 5.41) is 0. The van der Waals surface area contributed by atoms with Crippen molar-refractivity contribution in [3.8, 4) is 0 Å². The SMILES string of the molecule is Nc1cccc2c1CCCC2c1c[nH]cn1. The van der Waals surface area contributed by atoms with Gasteiger partial charge in [0, 0.05) is 17.8 Å². The number of imidazole rings is 1. The van der Waals surface area contributed by atoms with Crippen molar-refractivity contribution < 1.29 is 0 Å². The number of H-pyrrole nitrogens is 1. The summed E-state index contributed by atoms with van der Waals surface area (Å²) in [6.45, 7) is 0. The molecule has 0 bridgehead atoms. The van der Waals surface area contributed by atoms with Gasteiger partial charge in [-0.15, -0.1) is 0 Å². The van der Waals surface area contributed by atoms with Crippen molar-refractivity contribution >= 4 is 5.69 Å². The molecule has 0 saturated carbocycles. The number of hydrogen-bond donors (Lipinski definition) is 2. The number of aromatic amines is 1. The number of benzene rings is 1. The highest BCUT2D eigenvalue weighted by molar-refractivity contribution is 5.54. The van der Waals surface area contributed by atoms with E-state index in [-0.39, 0.29) is 0 Å². The van der Waals surface area contributed by atoms with Crippen LogP contribution in [0.5, 0.6) is 0 Å². The molecule has 1 heterocycles. The van der Waals surface area contributed by atoms with E-state index in [0.717, 1.165) is 17.8 Å². The summed E-state index contributed by atoms with van der Waals surface area (Å²) < 4.78 is 0. The number of anilines is 1.